The normalized spacial score (nSPS) is 18.6. The van der Waals surface area contributed by atoms with Crippen molar-refractivity contribution >= 4 is 16.9 Å². The molecule has 2 unspecified atom stereocenters. The Balaban J connectivity index is 1.31. The molecule has 0 saturated carbocycles. The third-order valence-electron chi connectivity index (χ3n) is 8.14. The minimum atomic E-state index is -1.10. The number of methoxy groups -OCH3 is 2. The van der Waals surface area contributed by atoms with Gasteiger partial charge in [-0.15, -0.1) is 0 Å². The zero-order valence-corrected chi connectivity index (χ0v) is 23.2. The molecule has 1 fully saturated rings. The number of rotatable bonds is 14. The number of ether oxygens (including phenoxy) is 2. The Morgan fingerprint density at radius 2 is 1.90 bits per heavy atom. The second-order valence-electron chi connectivity index (χ2n) is 10.7. The summed E-state index contributed by atoms with van der Waals surface area (Å²) in [5.74, 6) is 1.43. The van der Waals surface area contributed by atoms with Gasteiger partial charge in [0.2, 0.25) is 0 Å². The number of hydrogen-bond donors (Lipinski definition) is 1. The number of alkyl halides is 1. The van der Waals surface area contributed by atoms with E-state index in [1.54, 1.807) is 26.5 Å². The van der Waals surface area contributed by atoms with Gasteiger partial charge in [-0.05, 0) is 117 Å². The fourth-order valence-corrected chi connectivity index (χ4v) is 5.93. The number of aryl methyl sites for hydroxylation is 1. The Labute approximate surface area is 231 Å². The second kappa shape index (κ2) is 14.3. The predicted molar refractivity (Wildman–Crippen MR) is 152 cm³/mol. The Morgan fingerprint density at radius 3 is 2.69 bits per heavy atom. The molecule has 0 aliphatic carbocycles. The summed E-state index contributed by atoms with van der Waals surface area (Å²) in [5.41, 5.74) is 2.69. The van der Waals surface area contributed by atoms with Crippen LogP contribution in [0, 0.1) is 11.8 Å². The van der Waals surface area contributed by atoms with Crippen molar-refractivity contribution in [1.82, 2.24) is 9.88 Å². The van der Waals surface area contributed by atoms with Crippen molar-refractivity contribution in [3.8, 4) is 11.5 Å². The minimum absolute atomic E-state index is 0.165. The average Bonchev–Trinajstić information content (AvgIpc) is 2.96. The number of likely N-dealkylation sites (tertiary alicyclic amines) is 1. The predicted octanol–water partition coefficient (Wildman–Crippen LogP) is 6.87. The third-order valence-corrected chi connectivity index (χ3v) is 8.14. The summed E-state index contributed by atoms with van der Waals surface area (Å²) in [5, 5.41) is 10.1. The maximum Gasteiger partial charge on any atom is 0.303 e. The molecule has 6 nitrogen and oxygen atoms in total. The molecule has 1 saturated heterocycles. The molecule has 0 spiro atoms. The van der Waals surface area contributed by atoms with Crippen LogP contribution >= 0.6 is 0 Å². The van der Waals surface area contributed by atoms with Crippen LogP contribution in [-0.4, -0.2) is 54.8 Å². The van der Waals surface area contributed by atoms with Gasteiger partial charge in [-0.3, -0.25) is 9.78 Å². The van der Waals surface area contributed by atoms with E-state index in [4.69, 9.17) is 9.47 Å². The molecular weight excluding hydrogens is 495 g/mol. The zero-order chi connectivity index (χ0) is 27.6. The number of pyridine rings is 1. The summed E-state index contributed by atoms with van der Waals surface area (Å²) in [6.45, 7) is 2.89. The number of aromatic nitrogens is 1. The molecule has 210 valence electrons. The molecule has 1 N–H and O–H groups in total. The van der Waals surface area contributed by atoms with E-state index in [2.05, 4.69) is 22.0 Å². The molecule has 4 rings (SSSR count). The van der Waals surface area contributed by atoms with Crippen LogP contribution in [-0.2, 0) is 11.2 Å². The van der Waals surface area contributed by atoms with Crippen molar-refractivity contribution in [3.05, 3.63) is 65.9 Å². The van der Waals surface area contributed by atoms with Gasteiger partial charge in [0.25, 0.3) is 0 Å². The van der Waals surface area contributed by atoms with Crippen molar-refractivity contribution in [3.63, 3.8) is 0 Å². The Bertz CT molecular complexity index is 1220. The van der Waals surface area contributed by atoms with Gasteiger partial charge in [-0.1, -0.05) is 12.1 Å². The molecule has 1 aliphatic heterocycles. The minimum Gasteiger partial charge on any atom is -0.497 e. The molecule has 2 aromatic carbocycles. The smallest absolute Gasteiger partial charge is 0.303 e. The molecule has 1 aromatic heterocycles. The highest BCUT2D eigenvalue weighted by molar-refractivity contribution is 5.83. The molecule has 7 heteroatoms. The highest BCUT2D eigenvalue weighted by Gasteiger charge is 2.30. The van der Waals surface area contributed by atoms with Crippen LogP contribution in [0.3, 0.4) is 0 Å². The number of carboxylic acid groups (broad SMARTS) is 1. The van der Waals surface area contributed by atoms with Gasteiger partial charge in [-0.2, -0.15) is 0 Å². The van der Waals surface area contributed by atoms with E-state index < -0.39 is 12.1 Å². The number of fused-ring (bicyclic) bond motifs is 1. The highest BCUT2D eigenvalue weighted by Crippen LogP contribution is 2.36. The van der Waals surface area contributed by atoms with Crippen LogP contribution in [0.25, 0.3) is 10.9 Å². The van der Waals surface area contributed by atoms with E-state index in [1.807, 2.05) is 30.3 Å². The number of carboxylic acids is 1. The first-order valence-electron chi connectivity index (χ1n) is 14.1. The van der Waals surface area contributed by atoms with Crippen molar-refractivity contribution in [1.29, 1.82) is 0 Å². The molecule has 2 heterocycles. The van der Waals surface area contributed by atoms with Gasteiger partial charge < -0.3 is 19.5 Å². The number of halogens is 1. The van der Waals surface area contributed by atoms with E-state index >= 15 is 4.39 Å². The van der Waals surface area contributed by atoms with Crippen LogP contribution in [0.4, 0.5) is 4.39 Å². The molecule has 0 bridgehead atoms. The second-order valence-corrected chi connectivity index (χ2v) is 10.7. The molecule has 3 aromatic rings. The van der Waals surface area contributed by atoms with E-state index in [0.717, 1.165) is 68.4 Å². The molecule has 39 heavy (non-hydrogen) atoms. The number of aliphatic carboxylic acids is 1. The SMILES string of the molecule is COc1cccc(CCCCN2CCC(CC[C@H](F)c3ccnc4ccc(OC)cc34)C(CCC(=O)O)C2)c1. The zero-order valence-electron chi connectivity index (χ0n) is 23.2. The summed E-state index contributed by atoms with van der Waals surface area (Å²) < 4.78 is 26.3. The monoisotopic (exact) mass is 536 g/mol. The fourth-order valence-electron chi connectivity index (χ4n) is 5.93. The number of unbranched alkanes of at least 4 members (excludes halogenated alkanes) is 1. The van der Waals surface area contributed by atoms with E-state index in [-0.39, 0.29) is 12.3 Å². The Kier molecular flexibility index (Phi) is 10.5. The molecule has 0 amide bonds. The van der Waals surface area contributed by atoms with Crippen LogP contribution < -0.4 is 9.47 Å². The van der Waals surface area contributed by atoms with Crippen LogP contribution in [0.5, 0.6) is 11.5 Å². The van der Waals surface area contributed by atoms with Crippen molar-refractivity contribution in [2.45, 2.75) is 57.5 Å². The Morgan fingerprint density at radius 1 is 1.08 bits per heavy atom. The fraction of sp³-hybridized carbons (Fsp3) is 0.500. The van der Waals surface area contributed by atoms with E-state index in [9.17, 15) is 9.90 Å². The highest BCUT2D eigenvalue weighted by atomic mass is 19.1. The van der Waals surface area contributed by atoms with Crippen molar-refractivity contribution in [2.24, 2.45) is 11.8 Å². The molecule has 3 atom stereocenters. The standard InChI is InChI=1S/C32H41FN2O4/c1-38-26-8-5-7-23(20-26)6-3-4-18-35-19-16-24(25(22-35)10-14-32(36)37)9-12-30(33)28-15-17-34-31-13-11-27(39-2)21-29(28)31/h5,7-8,11,13,15,17,20-21,24-25,30H,3-4,6,9-10,12,14,16,18-19,22H2,1-2H3,(H,36,37)/t24?,25?,30-/m0/s1. The first-order chi connectivity index (χ1) is 19.0. The maximum absolute atomic E-state index is 15.6. The third kappa shape index (κ3) is 8.15. The van der Waals surface area contributed by atoms with Gasteiger partial charge in [-0.25, -0.2) is 4.39 Å². The van der Waals surface area contributed by atoms with E-state index in [1.165, 1.54) is 5.56 Å². The van der Waals surface area contributed by atoms with Crippen LogP contribution in [0.15, 0.2) is 54.7 Å². The summed E-state index contributed by atoms with van der Waals surface area (Å²) in [6.07, 6.45) is 6.75. The molecular formula is C32H41FN2O4. The lowest BCUT2D eigenvalue weighted by Gasteiger charge is -2.39. The number of nitrogens with zero attached hydrogens (tertiary/aromatic N) is 2. The topological polar surface area (TPSA) is 71.9 Å². The average molecular weight is 537 g/mol. The number of carbonyl (C=O) groups is 1. The lowest BCUT2D eigenvalue weighted by molar-refractivity contribution is -0.137. The summed E-state index contributed by atoms with van der Waals surface area (Å²) >= 11 is 0. The molecule has 1 aliphatic rings. The maximum atomic E-state index is 15.6. The van der Waals surface area contributed by atoms with Gasteiger partial charge in [0.1, 0.15) is 17.7 Å². The van der Waals surface area contributed by atoms with Crippen molar-refractivity contribution in [2.75, 3.05) is 33.9 Å². The lowest BCUT2D eigenvalue weighted by atomic mass is 9.79. The first kappa shape index (κ1) is 28.8. The lowest BCUT2D eigenvalue weighted by Crippen LogP contribution is -2.41. The van der Waals surface area contributed by atoms with Gasteiger partial charge in [0, 0.05) is 24.5 Å². The van der Waals surface area contributed by atoms with Crippen molar-refractivity contribution < 1.29 is 23.8 Å². The number of hydrogen-bond acceptors (Lipinski definition) is 5. The molecule has 0 radical (unpaired) electrons. The van der Waals surface area contributed by atoms with Crippen LogP contribution in [0.1, 0.15) is 62.2 Å². The summed E-state index contributed by atoms with van der Waals surface area (Å²) in [6, 6.07) is 15.5. The van der Waals surface area contributed by atoms with Gasteiger partial charge in [0.05, 0.1) is 19.7 Å². The quantitative estimate of drug-likeness (QED) is 0.227. The van der Waals surface area contributed by atoms with E-state index in [0.29, 0.717) is 30.1 Å². The number of benzene rings is 2. The summed E-state index contributed by atoms with van der Waals surface area (Å²) in [4.78, 5) is 18.2. The largest absolute Gasteiger partial charge is 0.497 e. The van der Waals surface area contributed by atoms with Gasteiger partial charge >= 0.3 is 5.97 Å². The summed E-state index contributed by atoms with van der Waals surface area (Å²) in [7, 11) is 3.30. The first-order valence-corrected chi connectivity index (χ1v) is 14.1. The Hall–Kier alpha value is -3.19. The van der Waals surface area contributed by atoms with Crippen LogP contribution in [0.2, 0.25) is 0 Å². The number of piperidine rings is 1. The van der Waals surface area contributed by atoms with Gasteiger partial charge in [0.15, 0.2) is 0 Å².